The Morgan fingerprint density at radius 3 is 2.51 bits per heavy atom. The van der Waals surface area contributed by atoms with Crippen molar-refractivity contribution in [1.29, 1.82) is 0 Å². The van der Waals surface area contributed by atoms with E-state index < -0.39 is 27.8 Å². The number of halogens is 2. The molecule has 0 aliphatic carbocycles. The molecule has 10 heteroatoms. The van der Waals surface area contributed by atoms with E-state index in [4.69, 9.17) is 27.9 Å². The molecule has 4 rings (SSSR count). The van der Waals surface area contributed by atoms with Gasteiger partial charge in [-0.15, -0.1) is 0 Å². The highest BCUT2D eigenvalue weighted by Gasteiger charge is 2.28. The van der Waals surface area contributed by atoms with Crippen molar-refractivity contribution >= 4 is 44.9 Å². The Labute approximate surface area is 226 Å². The van der Waals surface area contributed by atoms with Crippen molar-refractivity contribution in [2.45, 2.75) is 36.9 Å². The van der Waals surface area contributed by atoms with Gasteiger partial charge in [0.05, 0.1) is 20.5 Å². The summed E-state index contributed by atoms with van der Waals surface area (Å²) in [6, 6.07) is 16.0. The predicted molar refractivity (Wildman–Crippen MR) is 143 cm³/mol. The Hall–Kier alpha value is -2.91. The maximum absolute atomic E-state index is 13.4. The zero-order chi connectivity index (χ0) is 26.6. The molecule has 1 amide bonds. The minimum absolute atomic E-state index is 0.00677. The molecule has 0 saturated carbocycles. The van der Waals surface area contributed by atoms with Crippen LogP contribution in [0.5, 0.6) is 0 Å². The molecule has 0 radical (unpaired) electrons. The van der Waals surface area contributed by atoms with Crippen LogP contribution in [0.4, 0.5) is 0 Å². The first kappa shape index (κ1) is 27.1. The molecule has 0 fully saturated rings. The number of sulfone groups is 1. The van der Waals surface area contributed by atoms with Gasteiger partial charge >= 0.3 is 5.97 Å². The van der Waals surface area contributed by atoms with E-state index >= 15 is 0 Å². The molecular weight excluding hydrogens is 535 g/mol. The van der Waals surface area contributed by atoms with Gasteiger partial charge in [-0.1, -0.05) is 65.7 Å². The van der Waals surface area contributed by atoms with Crippen LogP contribution in [0.3, 0.4) is 0 Å². The number of benzene rings is 3. The number of carbonyl (C=O) groups excluding carboxylic acids is 2. The lowest BCUT2D eigenvalue weighted by Crippen LogP contribution is -2.43. The predicted octanol–water partition coefficient (Wildman–Crippen LogP) is 4.13. The third kappa shape index (κ3) is 6.70. The van der Waals surface area contributed by atoms with E-state index in [1.165, 1.54) is 12.1 Å². The van der Waals surface area contributed by atoms with E-state index in [1.54, 1.807) is 18.2 Å². The minimum atomic E-state index is -3.46. The van der Waals surface area contributed by atoms with Crippen LogP contribution < -0.4 is 10.6 Å². The van der Waals surface area contributed by atoms with Crippen molar-refractivity contribution in [3.63, 3.8) is 0 Å². The second kappa shape index (κ2) is 11.6. The number of ether oxygens (including phenoxy) is 1. The van der Waals surface area contributed by atoms with Crippen LogP contribution in [-0.4, -0.2) is 39.1 Å². The first-order valence-electron chi connectivity index (χ1n) is 11.6. The molecule has 7 nitrogen and oxygen atoms in total. The Kier molecular flexibility index (Phi) is 8.54. The van der Waals surface area contributed by atoms with Gasteiger partial charge in [0.25, 0.3) is 5.91 Å². The van der Waals surface area contributed by atoms with Crippen LogP contribution in [0.25, 0.3) is 0 Å². The lowest BCUT2D eigenvalue weighted by Gasteiger charge is -2.23. The highest BCUT2D eigenvalue weighted by molar-refractivity contribution is 7.90. The van der Waals surface area contributed by atoms with Crippen LogP contribution in [0, 0.1) is 0 Å². The number of hydrogen-bond donors (Lipinski definition) is 2. The van der Waals surface area contributed by atoms with Gasteiger partial charge in [-0.3, -0.25) is 4.79 Å². The van der Waals surface area contributed by atoms with Crippen molar-refractivity contribution in [3.8, 4) is 0 Å². The third-order valence-electron chi connectivity index (χ3n) is 6.09. The molecule has 0 unspecified atom stereocenters. The summed E-state index contributed by atoms with van der Waals surface area (Å²) in [4.78, 5) is 26.6. The van der Waals surface area contributed by atoms with E-state index in [2.05, 4.69) is 10.6 Å². The Morgan fingerprint density at radius 2 is 1.78 bits per heavy atom. The molecule has 3 aromatic carbocycles. The van der Waals surface area contributed by atoms with Crippen LogP contribution in [-0.2, 0) is 45.4 Å². The number of esters is 1. The quantitative estimate of drug-likeness (QED) is 0.402. The summed E-state index contributed by atoms with van der Waals surface area (Å²) < 4.78 is 29.5. The van der Waals surface area contributed by atoms with Crippen LogP contribution in [0.1, 0.15) is 32.6 Å². The Morgan fingerprint density at radius 1 is 1.05 bits per heavy atom. The van der Waals surface area contributed by atoms with E-state index in [1.807, 2.05) is 30.3 Å². The summed E-state index contributed by atoms with van der Waals surface area (Å²) in [5.41, 5.74) is 3.19. The number of hydrogen-bond acceptors (Lipinski definition) is 6. The molecule has 0 bridgehead atoms. The van der Waals surface area contributed by atoms with E-state index in [-0.39, 0.29) is 33.5 Å². The van der Waals surface area contributed by atoms with Gasteiger partial charge in [0, 0.05) is 19.2 Å². The molecule has 0 aromatic heterocycles. The number of amides is 1. The highest BCUT2D eigenvalue weighted by Crippen LogP contribution is 2.33. The molecular formula is C27H26Cl2N2O5S. The normalized spacial score (nSPS) is 13.9. The molecule has 3 aromatic rings. The van der Waals surface area contributed by atoms with Gasteiger partial charge in [0.15, 0.2) is 9.84 Å². The van der Waals surface area contributed by atoms with Gasteiger partial charge in [-0.2, -0.15) is 0 Å². The summed E-state index contributed by atoms with van der Waals surface area (Å²) >= 11 is 13.0. The number of fused-ring (bicyclic) bond motifs is 1. The first-order valence-corrected chi connectivity index (χ1v) is 14.3. The molecule has 0 spiro atoms. The monoisotopic (exact) mass is 560 g/mol. The van der Waals surface area contributed by atoms with Crippen molar-refractivity contribution in [1.82, 2.24) is 10.6 Å². The van der Waals surface area contributed by atoms with E-state index in [0.717, 1.165) is 29.5 Å². The third-order valence-corrected chi connectivity index (χ3v) is 7.91. The number of carbonyl (C=O) groups is 2. The first-order chi connectivity index (χ1) is 17.6. The smallest absolute Gasteiger partial charge is 0.329 e. The van der Waals surface area contributed by atoms with Crippen LogP contribution >= 0.6 is 23.2 Å². The fraction of sp³-hybridized carbons (Fsp3) is 0.259. The zero-order valence-corrected chi connectivity index (χ0v) is 22.4. The molecule has 1 atom stereocenters. The van der Waals surface area contributed by atoms with E-state index in [0.29, 0.717) is 18.5 Å². The fourth-order valence-electron chi connectivity index (χ4n) is 4.17. The lowest BCUT2D eigenvalue weighted by molar-refractivity contribution is -0.147. The van der Waals surface area contributed by atoms with E-state index in [9.17, 15) is 18.0 Å². The molecule has 2 N–H and O–H groups in total. The molecule has 0 saturated heterocycles. The van der Waals surface area contributed by atoms with Gasteiger partial charge in [0.1, 0.15) is 12.6 Å². The van der Waals surface area contributed by atoms with Crippen molar-refractivity contribution in [2.75, 3.05) is 12.8 Å². The maximum atomic E-state index is 13.4. The number of rotatable bonds is 8. The van der Waals surface area contributed by atoms with Gasteiger partial charge in [-0.05, 0) is 53.4 Å². The lowest BCUT2D eigenvalue weighted by atomic mass is 9.97. The summed E-state index contributed by atoms with van der Waals surface area (Å²) in [5.74, 6) is -1.28. The zero-order valence-electron chi connectivity index (χ0n) is 20.1. The Bertz CT molecular complexity index is 1430. The largest absolute Gasteiger partial charge is 0.459 e. The van der Waals surface area contributed by atoms with Crippen molar-refractivity contribution in [2.24, 2.45) is 0 Å². The molecule has 1 aliphatic rings. The average Bonchev–Trinajstić information content (AvgIpc) is 2.87. The summed E-state index contributed by atoms with van der Waals surface area (Å²) in [6.45, 7) is 1.34. The van der Waals surface area contributed by atoms with Crippen LogP contribution in [0.2, 0.25) is 10.0 Å². The standard InChI is InChI=1S/C27H26Cl2N2O5S/c1-37(34,35)20-9-5-8-18(12-20)13-23(27(33)36-16-17-6-3-2-4-7-17)31-26(32)24-22(28)14-19-15-30-11-10-21(19)25(24)29/h2-9,12,14,23,30H,10-11,13,15-16H2,1H3,(H,31,32)/t23-/m1/s1. The second-order valence-electron chi connectivity index (χ2n) is 8.85. The topological polar surface area (TPSA) is 102 Å². The average molecular weight is 561 g/mol. The highest BCUT2D eigenvalue weighted by atomic mass is 35.5. The minimum Gasteiger partial charge on any atom is -0.459 e. The molecule has 37 heavy (non-hydrogen) atoms. The Balaban J connectivity index is 1.61. The van der Waals surface area contributed by atoms with Gasteiger partial charge < -0.3 is 15.4 Å². The van der Waals surface area contributed by atoms with Gasteiger partial charge in [-0.25, -0.2) is 13.2 Å². The van der Waals surface area contributed by atoms with Crippen molar-refractivity contribution in [3.05, 3.63) is 98.5 Å². The van der Waals surface area contributed by atoms with Crippen molar-refractivity contribution < 1.29 is 22.7 Å². The molecule has 1 heterocycles. The molecule has 194 valence electrons. The summed E-state index contributed by atoms with van der Waals surface area (Å²) in [7, 11) is -3.46. The summed E-state index contributed by atoms with van der Waals surface area (Å²) in [5, 5.41) is 6.40. The second-order valence-corrected chi connectivity index (χ2v) is 11.7. The maximum Gasteiger partial charge on any atom is 0.329 e. The number of nitrogens with one attached hydrogen (secondary N) is 2. The summed E-state index contributed by atoms with van der Waals surface area (Å²) in [6.07, 6.45) is 1.76. The van der Waals surface area contributed by atoms with Crippen LogP contribution in [0.15, 0.2) is 65.6 Å². The fourth-order valence-corrected chi connectivity index (χ4v) is 5.63. The van der Waals surface area contributed by atoms with Gasteiger partial charge in [0.2, 0.25) is 0 Å². The SMILES string of the molecule is CS(=O)(=O)c1cccc(C[C@@H](NC(=O)c2c(Cl)cc3c(c2Cl)CCNC3)C(=O)OCc2ccccc2)c1. The molecule has 1 aliphatic heterocycles.